The maximum absolute atomic E-state index is 6.72. The van der Waals surface area contributed by atoms with Crippen molar-refractivity contribution >= 4 is 21.9 Å². The molecule has 10 rings (SSSR count). The molecule has 1 aliphatic heterocycles. The third-order valence-corrected chi connectivity index (χ3v) is 10.4. The summed E-state index contributed by atoms with van der Waals surface area (Å²) in [4.78, 5) is 0. The summed E-state index contributed by atoms with van der Waals surface area (Å²) in [6.45, 7) is 0. The van der Waals surface area contributed by atoms with Crippen LogP contribution in [0.2, 0.25) is 0 Å². The highest BCUT2D eigenvalue weighted by Gasteiger charge is 2.45. The molecule has 8 aromatic carbocycles. The minimum Gasteiger partial charge on any atom is -0.457 e. The average Bonchev–Trinajstić information content (AvgIpc) is 3.60. The van der Waals surface area contributed by atoms with Gasteiger partial charge >= 0.3 is 0 Å². The Bertz CT molecular complexity index is 2650. The highest BCUT2D eigenvalue weighted by atomic mass is 16.5. The van der Waals surface area contributed by atoms with Crippen molar-refractivity contribution in [2.75, 3.05) is 0 Å². The van der Waals surface area contributed by atoms with Gasteiger partial charge in [-0.1, -0.05) is 176 Å². The van der Waals surface area contributed by atoms with Crippen molar-refractivity contribution in [3.8, 4) is 44.9 Å². The van der Waals surface area contributed by atoms with E-state index >= 15 is 0 Å². The van der Waals surface area contributed by atoms with Gasteiger partial charge in [0.05, 0.1) is 5.41 Å². The molecule has 240 valence electrons. The van der Waals surface area contributed by atoms with Crippen LogP contribution >= 0.6 is 0 Å². The maximum atomic E-state index is 6.72. The third kappa shape index (κ3) is 4.57. The average molecular weight is 653 g/mol. The highest BCUT2D eigenvalue weighted by molar-refractivity contribution is 6.13. The molecule has 2 nitrogen and oxygen atoms in total. The van der Waals surface area contributed by atoms with Crippen molar-refractivity contribution in [3.63, 3.8) is 0 Å². The Balaban J connectivity index is 1.10. The molecule has 0 atom stereocenters. The number of rotatable bonds is 5. The molecule has 0 unspecified atom stereocenters. The molecule has 2 heterocycles. The van der Waals surface area contributed by atoms with Gasteiger partial charge in [-0.3, -0.25) is 0 Å². The fourth-order valence-corrected chi connectivity index (χ4v) is 8.12. The second kappa shape index (κ2) is 11.8. The fourth-order valence-electron chi connectivity index (χ4n) is 8.12. The number of hydrogen-bond donors (Lipinski definition) is 0. The predicted octanol–water partition coefficient (Wildman–Crippen LogP) is 13.1. The summed E-state index contributed by atoms with van der Waals surface area (Å²) in [6, 6.07) is 68.9. The Labute approximate surface area is 296 Å². The van der Waals surface area contributed by atoms with Crippen LogP contribution in [0.25, 0.3) is 55.3 Å². The minimum atomic E-state index is -0.557. The molecular formula is C49H32O2. The normalized spacial score (nSPS) is 13.0. The second-order valence-corrected chi connectivity index (χ2v) is 13.2. The quantitative estimate of drug-likeness (QED) is 0.185. The van der Waals surface area contributed by atoms with Gasteiger partial charge in [0.15, 0.2) is 0 Å². The van der Waals surface area contributed by atoms with Gasteiger partial charge in [-0.05, 0) is 51.6 Å². The van der Waals surface area contributed by atoms with Crippen molar-refractivity contribution in [3.05, 3.63) is 216 Å². The largest absolute Gasteiger partial charge is 0.457 e. The third-order valence-electron chi connectivity index (χ3n) is 10.4. The van der Waals surface area contributed by atoms with Gasteiger partial charge in [0.2, 0.25) is 0 Å². The first kappa shape index (κ1) is 29.3. The Hall–Kier alpha value is -6.64. The highest BCUT2D eigenvalue weighted by Crippen LogP contribution is 2.55. The van der Waals surface area contributed by atoms with Crippen LogP contribution in [-0.2, 0) is 5.41 Å². The number of ether oxygens (including phenoxy) is 1. The molecule has 0 saturated carbocycles. The predicted molar refractivity (Wildman–Crippen MR) is 208 cm³/mol. The van der Waals surface area contributed by atoms with E-state index in [1.807, 2.05) is 6.07 Å². The first-order valence-electron chi connectivity index (χ1n) is 17.4. The number of furan rings is 1. The molecule has 51 heavy (non-hydrogen) atoms. The lowest BCUT2D eigenvalue weighted by atomic mass is 9.63. The Morgan fingerprint density at radius 1 is 0.333 bits per heavy atom. The Kier molecular flexibility index (Phi) is 6.75. The van der Waals surface area contributed by atoms with Gasteiger partial charge < -0.3 is 9.15 Å². The lowest BCUT2D eigenvalue weighted by Gasteiger charge is -2.41. The lowest BCUT2D eigenvalue weighted by Crippen LogP contribution is -2.34. The van der Waals surface area contributed by atoms with Crippen LogP contribution < -0.4 is 4.74 Å². The first-order chi connectivity index (χ1) is 25.3. The molecule has 0 saturated heterocycles. The molecule has 0 radical (unpaired) electrons. The number of para-hydroxylation sites is 3. The lowest BCUT2D eigenvalue weighted by molar-refractivity contribution is 0.434. The SMILES string of the molecule is c1ccc(-c2cccc3c2oc2c(-c4ccc(-c5ccc6c(c5)C(c5ccccc5)(c5ccccc5)c5ccccc5O6)cc4)cccc23)cc1. The van der Waals surface area contributed by atoms with Crippen LogP contribution in [-0.4, -0.2) is 0 Å². The van der Waals surface area contributed by atoms with E-state index in [1.54, 1.807) is 0 Å². The van der Waals surface area contributed by atoms with Crippen molar-refractivity contribution in [2.45, 2.75) is 5.41 Å². The van der Waals surface area contributed by atoms with Crippen LogP contribution in [0.1, 0.15) is 22.3 Å². The van der Waals surface area contributed by atoms with E-state index in [2.05, 4.69) is 188 Å². The summed E-state index contributed by atoms with van der Waals surface area (Å²) in [6.07, 6.45) is 0. The van der Waals surface area contributed by atoms with Crippen molar-refractivity contribution in [1.29, 1.82) is 0 Å². The van der Waals surface area contributed by atoms with Crippen LogP contribution in [0.5, 0.6) is 11.5 Å². The van der Waals surface area contributed by atoms with Gasteiger partial charge in [0.1, 0.15) is 22.7 Å². The van der Waals surface area contributed by atoms with Gasteiger partial charge in [-0.15, -0.1) is 0 Å². The number of fused-ring (bicyclic) bond motifs is 5. The van der Waals surface area contributed by atoms with E-state index in [4.69, 9.17) is 9.15 Å². The smallest absolute Gasteiger partial charge is 0.143 e. The summed E-state index contributed by atoms with van der Waals surface area (Å²) in [5.74, 6) is 1.75. The molecule has 0 fully saturated rings. The van der Waals surface area contributed by atoms with E-state index in [1.165, 1.54) is 11.1 Å². The summed E-state index contributed by atoms with van der Waals surface area (Å²) >= 11 is 0. The summed E-state index contributed by atoms with van der Waals surface area (Å²) in [5.41, 5.74) is 12.7. The molecular weight excluding hydrogens is 621 g/mol. The van der Waals surface area contributed by atoms with Crippen LogP contribution in [0, 0.1) is 0 Å². The maximum Gasteiger partial charge on any atom is 0.143 e. The minimum absolute atomic E-state index is 0.557. The van der Waals surface area contributed by atoms with E-state index in [0.717, 1.165) is 77.9 Å². The van der Waals surface area contributed by atoms with Gasteiger partial charge in [-0.2, -0.15) is 0 Å². The monoisotopic (exact) mass is 652 g/mol. The molecule has 0 amide bonds. The molecule has 0 spiro atoms. The van der Waals surface area contributed by atoms with Crippen molar-refractivity contribution < 1.29 is 9.15 Å². The number of benzene rings is 8. The topological polar surface area (TPSA) is 22.4 Å². The van der Waals surface area contributed by atoms with Gasteiger partial charge in [-0.25, -0.2) is 0 Å². The molecule has 0 N–H and O–H groups in total. The zero-order chi connectivity index (χ0) is 33.8. The summed E-state index contributed by atoms with van der Waals surface area (Å²) < 4.78 is 13.4. The molecule has 0 bridgehead atoms. The summed E-state index contributed by atoms with van der Waals surface area (Å²) in [5, 5.41) is 2.25. The second-order valence-electron chi connectivity index (χ2n) is 13.2. The Morgan fingerprint density at radius 2 is 0.824 bits per heavy atom. The fraction of sp³-hybridized carbons (Fsp3) is 0.0204. The van der Waals surface area contributed by atoms with E-state index in [9.17, 15) is 0 Å². The van der Waals surface area contributed by atoms with Gasteiger partial charge in [0, 0.05) is 33.0 Å². The zero-order valence-electron chi connectivity index (χ0n) is 27.8. The molecule has 0 aliphatic carbocycles. The Morgan fingerprint density at radius 3 is 1.45 bits per heavy atom. The standard InChI is InChI=1S/C49H32O2/c1-4-14-34(15-5-1)39-20-12-22-41-42-23-13-21-40(48(42)51-47(39)41)35-28-26-33(27-29-35)36-30-31-46-44(32-36)49(37-16-6-2-7-17-37,38-18-8-3-9-19-38)43-24-10-11-25-45(43)50-46/h1-32H. The van der Waals surface area contributed by atoms with Gasteiger partial charge in [0.25, 0.3) is 0 Å². The molecule has 1 aromatic heterocycles. The van der Waals surface area contributed by atoms with E-state index < -0.39 is 5.41 Å². The van der Waals surface area contributed by atoms with Crippen LogP contribution in [0.15, 0.2) is 199 Å². The summed E-state index contributed by atoms with van der Waals surface area (Å²) in [7, 11) is 0. The zero-order valence-corrected chi connectivity index (χ0v) is 27.8. The van der Waals surface area contributed by atoms with E-state index in [0.29, 0.717) is 0 Å². The first-order valence-corrected chi connectivity index (χ1v) is 17.4. The van der Waals surface area contributed by atoms with Crippen LogP contribution in [0.4, 0.5) is 0 Å². The molecule has 2 heteroatoms. The molecule has 1 aliphatic rings. The number of hydrogen-bond acceptors (Lipinski definition) is 2. The molecule has 9 aromatic rings. The van der Waals surface area contributed by atoms with Crippen molar-refractivity contribution in [2.24, 2.45) is 0 Å². The van der Waals surface area contributed by atoms with Crippen LogP contribution in [0.3, 0.4) is 0 Å². The van der Waals surface area contributed by atoms with E-state index in [-0.39, 0.29) is 0 Å². The van der Waals surface area contributed by atoms with Crippen molar-refractivity contribution in [1.82, 2.24) is 0 Å².